The third kappa shape index (κ3) is 4.62. The fourth-order valence-corrected chi connectivity index (χ4v) is 1.59. The van der Waals surface area contributed by atoms with Crippen molar-refractivity contribution in [2.45, 2.75) is 25.0 Å². The number of halogens is 1. The van der Waals surface area contributed by atoms with Crippen LogP contribution in [-0.2, 0) is 0 Å². The molecule has 0 bridgehead atoms. The Labute approximate surface area is 85.5 Å². The molecule has 2 N–H and O–H groups in total. The number of β-amino-alcohol motifs (C(OH)–C–C–N with tert-alkyl or cyclic N) is 2. The van der Waals surface area contributed by atoms with Crippen molar-refractivity contribution in [3.63, 3.8) is 0 Å². The molecular weight excluding hydrogens is 190 g/mol. The zero-order valence-corrected chi connectivity index (χ0v) is 8.54. The molecule has 1 saturated heterocycles. The Kier molecular flexibility index (Phi) is 6.33. The molecule has 0 spiro atoms. The Morgan fingerprint density at radius 2 is 1.85 bits per heavy atom. The van der Waals surface area contributed by atoms with Gasteiger partial charge in [0, 0.05) is 26.1 Å². The van der Waals surface area contributed by atoms with E-state index in [1.54, 1.807) is 0 Å². The van der Waals surface area contributed by atoms with Crippen LogP contribution in [0, 0.1) is 0 Å². The molecular formula is C9H18ClNO2. The molecule has 0 radical (unpaired) electrons. The highest BCUT2D eigenvalue weighted by molar-refractivity contribution is 5.85. The number of rotatable bonds is 3. The first-order chi connectivity index (χ1) is 5.72. The predicted octanol–water partition coefficient (Wildman–Crippen LogP) is 0.412. The van der Waals surface area contributed by atoms with Gasteiger partial charge in [-0.15, -0.1) is 19.0 Å². The van der Waals surface area contributed by atoms with Crippen molar-refractivity contribution in [2.75, 3.05) is 19.6 Å². The Hall–Kier alpha value is -0.0900. The molecule has 3 nitrogen and oxygen atoms in total. The Morgan fingerprint density at radius 1 is 1.31 bits per heavy atom. The van der Waals surface area contributed by atoms with Crippen LogP contribution in [0.2, 0.25) is 0 Å². The van der Waals surface area contributed by atoms with E-state index in [9.17, 15) is 10.2 Å². The maximum Gasteiger partial charge on any atom is 0.0692 e. The predicted molar refractivity (Wildman–Crippen MR) is 55.1 cm³/mol. The van der Waals surface area contributed by atoms with Gasteiger partial charge in [-0.1, -0.05) is 6.08 Å². The van der Waals surface area contributed by atoms with Crippen molar-refractivity contribution >= 4 is 12.4 Å². The maximum atomic E-state index is 9.32. The van der Waals surface area contributed by atoms with Crippen molar-refractivity contribution in [2.24, 2.45) is 0 Å². The molecule has 1 heterocycles. The molecule has 0 unspecified atom stereocenters. The standard InChI is InChI=1S/C9H17NO2.ClH/c1-2-3-4-10-6-8(11)5-9(12)7-10;/h2,8-9,11-12H,1,3-7H2;1H/t8-,9+;. The van der Waals surface area contributed by atoms with Gasteiger partial charge in [0.2, 0.25) is 0 Å². The Morgan fingerprint density at radius 3 is 2.31 bits per heavy atom. The molecule has 1 aliphatic rings. The summed E-state index contributed by atoms with van der Waals surface area (Å²) in [7, 11) is 0. The fraction of sp³-hybridized carbons (Fsp3) is 0.778. The highest BCUT2D eigenvalue weighted by Gasteiger charge is 2.23. The maximum absolute atomic E-state index is 9.32. The van der Waals surface area contributed by atoms with Crippen molar-refractivity contribution in [3.8, 4) is 0 Å². The normalized spacial score (nSPS) is 29.4. The van der Waals surface area contributed by atoms with E-state index in [0.29, 0.717) is 19.5 Å². The summed E-state index contributed by atoms with van der Waals surface area (Å²) in [5.74, 6) is 0. The molecule has 13 heavy (non-hydrogen) atoms. The van der Waals surface area contributed by atoms with Crippen molar-refractivity contribution in [1.82, 2.24) is 4.90 Å². The fourth-order valence-electron chi connectivity index (χ4n) is 1.59. The molecule has 0 aliphatic carbocycles. The second-order valence-corrected chi connectivity index (χ2v) is 3.38. The zero-order valence-electron chi connectivity index (χ0n) is 7.72. The monoisotopic (exact) mass is 207 g/mol. The van der Waals surface area contributed by atoms with Crippen LogP contribution in [0.15, 0.2) is 12.7 Å². The summed E-state index contributed by atoms with van der Waals surface area (Å²) in [4.78, 5) is 2.07. The molecule has 1 rings (SSSR count). The van der Waals surface area contributed by atoms with E-state index in [2.05, 4.69) is 11.5 Å². The SMILES string of the molecule is C=CCCN1C[C@H](O)C[C@H](O)C1.Cl. The van der Waals surface area contributed by atoms with E-state index in [1.165, 1.54) is 0 Å². The van der Waals surface area contributed by atoms with Crippen molar-refractivity contribution < 1.29 is 10.2 Å². The van der Waals surface area contributed by atoms with Gasteiger partial charge in [0.1, 0.15) is 0 Å². The third-order valence-corrected chi connectivity index (χ3v) is 2.13. The number of nitrogens with zero attached hydrogens (tertiary/aromatic N) is 1. The average molecular weight is 208 g/mol. The summed E-state index contributed by atoms with van der Waals surface area (Å²) in [6.07, 6.45) is 2.56. The summed E-state index contributed by atoms with van der Waals surface area (Å²) in [5.41, 5.74) is 0. The molecule has 2 atom stereocenters. The quantitative estimate of drug-likeness (QED) is 0.659. The van der Waals surface area contributed by atoms with Gasteiger partial charge in [-0.2, -0.15) is 0 Å². The number of aliphatic hydroxyl groups excluding tert-OH is 2. The molecule has 0 aromatic rings. The van der Waals surface area contributed by atoms with E-state index in [-0.39, 0.29) is 24.6 Å². The summed E-state index contributed by atoms with van der Waals surface area (Å²) >= 11 is 0. The number of aliphatic hydroxyl groups is 2. The lowest BCUT2D eigenvalue weighted by Crippen LogP contribution is -2.45. The van der Waals surface area contributed by atoms with Gasteiger partial charge < -0.3 is 10.2 Å². The number of piperidine rings is 1. The minimum atomic E-state index is -0.362. The summed E-state index contributed by atoms with van der Waals surface area (Å²) in [6, 6.07) is 0. The second-order valence-electron chi connectivity index (χ2n) is 3.38. The number of likely N-dealkylation sites (tertiary alicyclic amines) is 1. The van der Waals surface area contributed by atoms with Gasteiger partial charge >= 0.3 is 0 Å². The minimum absolute atomic E-state index is 0. The topological polar surface area (TPSA) is 43.7 Å². The lowest BCUT2D eigenvalue weighted by Gasteiger charge is -2.32. The Balaban J connectivity index is 0.00000144. The van der Waals surface area contributed by atoms with Gasteiger partial charge in [0.15, 0.2) is 0 Å². The molecule has 0 aromatic heterocycles. The van der Waals surface area contributed by atoms with Crippen LogP contribution in [0.4, 0.5) is 0 Å². The first-order valence-electron chi connectivity index (χ1n) is 4.41. The largest absolute Gasteiger partial charge is 0.392 e. The van der Waals surface area contributed by atoms with Crippen LogP contribution in [0.3, 0.4) is 0 Å². The van der Waals surface area contributed by atoms with E-state index in [4.69, 9.17) is 0 Å². The highest BCUT2D eigenvalue weighted by Crippen LogP contribution is 2.10. The first kappa shape index (κ1) is 12.9. The lowest BCUT2D eigenvalue weighted by atomic mass is 10.1. The van der Waals surface area contributed by atoms with Crippen LogP contribution in [0.25, 0.3) is 0 Å². The zero-order chi connectivity index (χ0) is 8.97. The first-order valence-corrected chi connectivity index (χ1v) is 4.41. The van der Waals surface area contributed by atoms with Gasteiger partial charge in [-0.3, -0.25) is 4.90 Å². The molecule has 1 aliphatic heterocycles. The molecule has 0 saturated carbocycles. The van der Waals surface area contributed by atoms with Gasteiger partial charge in [0.05, 0.1) is 12.2 Å². The van der Waals surface area contributed by atoms with E-state index >= 15 is 0 Å². The van der Waals surface area contributed by atoms with Gasteiger partial charge in [-0.05, 0) is 6.42 Å². The average Bonchev–Trinajstić information content (AvgIpc) is 1.99. The number of hydrogen-bond donors (Lipinski definition) is 2. The Bertz CT molecular complexity index is 145. The van der Waals surface area contributed by atoms with Crippen LogP contribution in [0.1, 0.15) is 12.8 Å². The van der Waals surface area contributed by atoms with E-state index in [0.717, 1.165) is 13.0 Å². The molecule has 78 valence electrons. The summed E-state index contributed by atoms with van der Waals surface area (Å²) < 4.78 is 0. The van der Waals surface area contributed by atoms with Gasteiger partial charge in [0.25, 0.3) is 0 Å². The lowest BCUT2D eigenvalue weighted by molar-refractivity contribution is -0.00721. The smallest absolute Gasteiger partial charge is 0.0692 e. The third-order valence-electron chi connectivity index (χ3n) is 2.13. The van der Waals surface area contributed by atoms with Crippen LogP contribution < -0.4 is 0 Å². The molecule has 0 aromatic carbocycles. The number of hydrogen-bond acceptors (Lipinski definition) is 3. The van der Waals surface area contributed by atoms with Crippen molar-refractivity contribution in [3.05, 3.63) is 12.7 Å². The highest BCUT2D eigenvalue weighted by atomic mass is 35.5. The second kappa shape index (κ2) is 6.38. The van der Waals surface area contributed by atoms with E-state index < -0.39 is 0 Å². The van der Waals surface area contributed by atoms with Crippen molar-refractivity contribution in [1.29, 1.82) is 0 Å². The van der Waals surface area contributed by atoms with Crippen LogP contribution >= 0.6 is 12.4 Å². The molecule has 4 heteroatoms. The molecule has 0 amide bonds. The van der Waals surface area contributed by atoms with E-state index in [1.807, 2.05) is 6.08 Å². The van der Waals surface area contributed by atoms with Crippen LogP contribution in [-0.4, -0.2) is 47.0 Å². The van der Waals surface area contributed by atoms with Crippen LogP contribution in [0.5, 0.6) is 0 Å². The minimum Gasteiger partial charge on any atom is -0.392 e. The summed E-state index contributed by atoms with van der Waals surface area (Å²) in [5, 5.41) is 18.6. The van der Waals surface area contributed by atoms with Gasteiger partial charge in [-0.25, -0.2) is 0 Å². The molecule has 1 fully saturated rings. The summed E-state index contributed by atoms with van der Waals surface area (Å²) in [6.45, 7) is 5.89.